The normalized spacial score (nSPS) is 10.8. The van der Waals surface area contributed by atoms with Crippen LogP contribution in [0.15, 0.2) is 48.5 Å². The Kier molecular flexibility index (Phi) is 4.53. The molecule has 3 heteroatoms. The Morgan fingerprint density at radius 2 is 1.70 bits per heavy atom. The van der Waals surface area contributed by atoms with Crippen LogP contribution < -0.4 is 0 Å². The summed E-state index contributed by atoms with van der Waals surface area (Å²) in [5, 5.41) is 8.87. The van der Waals surface area contributed by atoms with E-state index in [9.17, 15) is 4.79 Å². The van der Waals surface area contributed by atoms with Crippen LogP contribution in [0.1, 0.15) is 27.0 Å². The zero-order valence-corrected chi connectivity index (χ0v) is 11.8. The molecule has 0 unspecified atom stereocenters. The number of carboxylic acids is 1. The predicted molar refractivity (Wildman–Crippen MR) is 79.8 cm³/mol. The van der Waals surface area contributed by atoms with E-state index in [0.717, 1.165) is 18.7 Å². The molecular formula is C17H19NO2. The molecule has 2 aromatic rings. The van der Waals surface area contributed by atoms with Crippen molar-refractivity contribution in [2.75, 3.05) is 7.05 Å². The topological polar surface area (TPSA) is 40.5 Å². The van der Waals surface area contributed by atoms with Crippen molar-refractivity contribution in [2.45, 2.75) is 20.0 Å². The lowest BCUT2D eigenvalue weighted by molar-refractivity contribution is 0.0697. The zero-order chi connectivity index (χ0) is 14.5. The van der Waals surface area contributed by atoms with E-state index < -0.39 is 5.97 Å². The fourth-order valence-corrected chi connectivity index (χ4v) is 2.20. The zero-order valence-electron chi connectivity index (χ0n) is 11.8. The third kappa shape index (κ3) is 3.68. The van der Waals surface area contributed by atoms with E-state index in [1.54, 1.807) is 12.1 Å². The van der Waals surface area contributed by atoms with Crippen LogP contribution in [-0.2, 0) is 13.1 Å². The summed E-state index contributed by atoms with van der Waals surface area (Å²) in [4.78, 5) is 13.0. The van der Waals surface area contributed by atoms with Gasteiger partial charge in [-0.3, -0.25) is 4.90 Å². The average molecular weight is 269 g/mol. The largest absolute Gasteiger partial charge is 0.478 e. The SMILES string of the molecule is Cc1ccccc1CN(C)Cc1ccc(C(=O)O)cc1. The number of benzene rings is 2. The monoisotopic (exact) mass is 269 g/mol. The van der Waals surface area contributed by atoms with E-state index in [1.807, 2.05) is 18.2 Å². The number of nitrogens with zero attached hydrogens (tertiary/aromatic N) is 1. The van der Waals surface area contributed by atoms with E-state index in [-0.39, 0.29) is 0 Å². The number of rotatable bonds is 5. The molecule has 0 aliphatic heterocycles. The fraction of sp³-hybridized carbons (Fsp3) is 0.235. The maximum absolute atomic E-state index is 10.8. The highest BCUT2D eigenvalue weighted by molar-refractivity contribution is 5.87. The second-order valence-electron chi connectivity index (χ2n) is 5.10. The summed E-state index contributed by atoms with van der Waals surface area (Å²) in [5.41, 5.74) is 4.05. The number of carbonyl (C=O) groups is 1. The first-order valence-electron chi connectivity index (χ1n) is 6.61. The molecule has 20 heavy (non-hydrogen) atoms. The highest BCUT2D eigenvalue weighted by atomic mass is 16.4. The molecule has 3 nitrogen and oxygen atoms in total. The van der Waals surface area contributed by atoms with Crippen molar-refractivity contribution in [3.05, 3.63) is 70.8 Å². The molecule has 0 bridgehead atoms. The maximum Gasteiger partial charge on any atom is 0.335 e. The van der Waals surface area contributed by atoms with Crippen LogP contribution in [-0.4, -0.2) is 23.0 Å². The Bertz CT molecular complexity index is 590. The van der Waals surface area contributed by atoms with Gasteiger partial charge in [0.05, 0.1) is 5.56 Å². The number of aromatic carboxylic acids is 1. The van der Waals surface area contributed by atoms with Crippen LogP contribution in [0.5, 0.6) is 0 Å². The van der Waals surface area contributed by atoms with Gasteiger partial charge in [-0.05, 0) is 42.8 Å². The minimum atomic E-state index is -0.884. The van der Waals surface area contributed by atoms with Crippen molar-refractivity contribution in [1.29, 1.82) is 0 Å². The van der Waals surface area contributed by atoms with Gasteiger partial charge in [-0.15, -0.1) is 0 Å². The summed E-state index contributed by atoms with van der Waals surface area (Å²) in [6.45, 7) is 3.80. The van der Waals surface area contributed by atoms with Crippen LogP contribution >= 0.6 is 0 Å². The van der Waals surface area contributed by atoms with Crippen molar-refractivity contribution in [2.24, 2.45) is 0 Å². The first kappa shape index (κ1) is 14.3. The van der Waals surface area contributed by atoms with E-state index in [2.05, 4.69) is 37.1 Å². The van der Waals surface area contributed by atoms with Gasteiger partial charge in [-0.25, -0.2) is 4.79 Å². The van der Waals surface area contributed by atoms with Gasteiger partial charge in [-0.2, -0.15) is 0 Å². The van der Waals surface area contributed by atoms with Crippen molar-refractivity contribution in [3.8, 4) is 0 Å². The van der Waals surface area contributed by atoms with Gasteiger partial charge in [-0.1, -0.05) is 36.4 Å². The molecule has 0 saturated heterocycles. The number of hydrogen-bond donors (Lipinski definition) is 1. The summed E-state index contributed by atoms with van der Waals surface area (Å²) < 4.78 is 0. The minimum Gasteiger partial charge on any atom is -0.478 e. The number of carboxylic acid groups (broad SMARTS) is 1. The fourth-order valence-electron chi connectivity index (χ4n) is 2.20. The molecule has 0 aromatic heterocycles. The van der Waals surface area contributed by atoms with Crippen LogP contribution in [0.2, 0.25) is 0 Å². The lowest BCUT2D eigenvalue weighted by atomic mass is 10.1. The van der Waals surface area contributed by atoms with Crippen molar-refractivity contribution >= 4 is 5.97 Å². The van der Waals surface area contributed by atoms with Crippen LogP contribution in [0.25, 0.3) is 0 Å². The van der Waals surface area contributed by atoms with E-state index in [4.69, 9.17) is 5.11 Å². The Balaban J connectivity index is 1.99. The van der Waals surface area contributed by atoms with Crippen LogP contribution in [0, 0.1) is 6.92 Å². The van der Waals surface area contributed by atoms with Gasteiger partial charge in [0.1, 0.15) is 0 Å². The molecule has 0 amide bonds. The van der Waals surface area contributed by atoms with Crippen molar-refractivity contribution < 1.29 is 9.90 Å². The van der Waals surface area contributed by atoms with Gasteiger partial charge in [0.15, 0.2) is 0 Å². The lowest BCUT2D eigenvalue weighted by Gasteiger charge is -2.18. The second kappa shape index (κ2) is 6.35. The Morgan fingerprint density at radius 3 is 2.30 bits per heavy atom. The second-order valence-corrected chi connectivity index (χ2v) is 5.10. The summed E-state index contributed by atoms with van der Waals surface area (Å²) in [7, 11) is 2.07. The van der Waals surface area contributed by atoms with Gasteiger partial charge in [0.2, 0.25) is 0 Å². The summed E-state index contributed by atoms with van der Waals surface area (Å²) in [6, 6.07) is 15.4. The molecule has 0 heterocycles. The first-order valence-corrected chi connectivity index (χ1v) is 6.61. The Morgan fingerprint density at radius 1 is 1.05 bits per heavy atom. The molecule has 1 N–H and O–H groups in total. The molecule has 2 aromatic carbocycles. The minimum absolute atomic E-state index is 0.329. The summed E-state index contributed by atoms with van der Waals surface area (Å²) >= 11 is 0. The third-order valence-corrected chi connectivity index (χ3v) is 3.35. The van der Waals surface area contributed by atoms with Crippen LogP contribution in [0.4, 0.5) is 0 Å². The molecule has 0 fully saturated rings. The standard InChI is InChI=1S/C17H19NO2/c1-13-5-3-4-6-16(13)12-18(2)11-14-7-9-15(10-8-14)17(19)20/h3-10H,11-12H2,1-2H3,(H,19,20). The van der Waals surface area contributed by atoms with E-state index >= 15 is 0 Å². The number of hydrogen-bond acceptors (Lipinski definition) is 2. The molecule has 0 saturated carbocycles. The van der Waals surface area contributed by atoms with E-state index in [0.29, 0.717) is 5.56 Å². The molecule has 0 radical (unpaired) electrons. The highest BCUT2D eigenvalue weighted by Gasteiger charge is 2.05. The molecule has 0 spiro atoms. The molecule has 0 aliphatic carbocycles. The number of aryl methyl sites for hydroxylation is 1. The first-order chi connectivity index (χ1) is 9.56. The van der Waals surface area contributed by atoms with Crippen LogP contribution in [0.3, 0.4) is 0 Å². The lowest BCUT2D eigenvalue weighted by Crippen LogP contribution is -2.17. The summed E-state index contributed by atoms with van der Waals surface area (Å²) in [5.74, 6) is -0.884. The highest BCUT2D eigenvalue weighted by Crippen LogP contribution is 2.12. The molecule has 2 rings (SSSR count). The average Bonchev–Trinajstić information content (AvgIpc) is 2.42. The van der Waals surface area contributed by atoms with Gasteiger partial charge < -0.3 is 5.11 Å². The summed E-state index contributed by atoms with van der Waals surface area (Å²) in [6.07, 6.45) is 0. The Labute approximate surface area is 119 Å². The maximum atomic E-state index is 10.8. The third-order valence-electron chi connectivity index (χ3n) is 3.35. The van der Waals surface area contributed by atoms with Gasteiger partial charge >= 0.3 is 5.97 Å². The molecule has 104 valence electrons. The quantitative estimate of drug-likeness (QED) is 0.905. The van der Waals surface area contributed by atoms with E-state index in [1.165, 1.54) is 11.1 Å². The Hall–Kier alpha value is -2.13. The molecule has 0 aliphatic rings. The van der Waals surface area contributed by atoms with Gasteiger partial charge in [0.25, 0.3) is 0 Å². The van der Waals surface area contributed by atoms with Gasteiger partial charge in [0, 0.05) is 13.1 Å². The molecular weight excluding hydrogens is 250 g/mol. The predicted octanol–water partition coefficient (Wildman–Crippen LogP) is 3.33. The van der Waals surface area contributed by atoms with Crippen molar-refractivity contribution in [1.82, 2.24) is 4.90 Å². The van der Waals surface area contributed by atoms with Crippen molar-refractivity contribution in [3.63, 3.8) is 0 Å². The molecule has 0 atom stereocenters. The smallest absolute Gasteiger partial charge is 0.335 e.